The Labute approximate surface area is 85.3 Å². The van der Waals surface area contributed by atoms with Crippen LogP contribution >= 0.6 is 0 Å². The maximum atomic E-state index is 5.89. The number of aryl methyl sites for hydroxylation is 1. The molecule has 0 radical (unpaired) electrons. The second kappa shape index (κ2) is 2.83. The Balaban J connectivity index is 2.10. The van der Waals surface area contributed by atoms with Gasteiger partial charge in [-0.3, -0.25) is 0 Å². The molecule has 0 aromatic heterocycles. The SMILES string of the molecule is NCC1(c2cccc3c2CCC3)CC1. The van der Waals surface area contributed by atoms with Crippen molar-refractivity contribution in [2.75, 3.05) is 6.54 Å². The highest BCUT2D eigenvalue weighted by atomic mass is 14.7. The summed E-state index contributed by atoms with van der Waals surface area (Å²) in [7, 11) is 0. The van der Waals surface area contributed by atoms with E-state index in [-0.39, 0.29) is 0 Å². The molecule has 14 heavy (non-hydrogen) atoms. The zero-order valence-electron chi connectivity index (χ0n) is 8.55. The maximum Gasteiger partial charge on any atom is 0.00790 e. The third-order valence-corrected chi connectivity index (χ3v) is 3.96. The lowest BCUT2D eigenvalue weighted by Gasteiger charge is -2.17. The molecule has 1 saturated carbocycles. The Kier molecular flexibility index (Phi) is 1.72. The molecule has 0 atom stereocenters. The quantitative estimate of drug-likeness (QED) is 0.754. The molecular weight excluding hydrogens is 170 g/mol. The van der Waals surface area contributed by atoms with Crippen LogP contribution in [0.5, 0.6) is 0 Å². The molecule has 0 spiro atoms. The first kappa shape index (κ1) is 8.49. The van der Waals surface area contributed by atoms with Crippen molar-refractivity contribution in [3.63, 3.8) is 0 Å². The van der Waals surface area contributed by atoms with E-state index >= 15 is 0 Å². The predicted molar refractivity (Wildman–Crippen MR) is 58.4 cm³/mol. The van der Waals surface area contributed by atoms with Gasteiger partial charge in [-0.05, 0) is 48.8 Å². The largest absolute Gasteiger partial charge is 0.330 e. The fraction of sp³-hybridized carbons (Fsp3) is 0.538. The van der Waals surface area contributed by atoms with Crippen molar-refractivity contribution in [3.05, 3.63) is 34.9 Å². The topological polar surface area (TPSA) is 26.0 Å². The molecule has 1 nitrogen and oxygen atoms in total. The number of rotatable bonds is 2. The molecule has 3 rings (SSSR count). The number of nitrogens with two attached hydrogens (primary N) is 1. The number of hydrogen-bond donors (Lipinski definition) is 1. The molecule has 1 aromatic carbocycles. The van der Waals surface area contributed by atoms with Crippen LogP contribution < -0.4 is 5.73 Å². The molecule has 2 aliphatic rings. The monoisotopic (exact) mass is 187 g/mol. The summed E-state index contributed by atoms with van der Waals surface area (Å²) in [6.07, 6.45) is 6.52. The molecule has 0 unspecified atom stereocenters. The molecule has 0 saturated heterocycles. The van der Waals surface area contributed by atoms with Crippen LogP contribution in [0.25, 0.3) is 0 Å². The van der Waals surface area contributed by atoms with Crippen LogP contribution in [0.1, 0.15) is 36.0 Å². The van der Waals surface area contributed by atoms with Crippen LogP contribution in [0.15, 0.2) is 18.2 Å². The lowest BCUT2D eigenvalue weighted by atomic mass is 9.89. The normalized spacial score (nSPS) is 22.1. The van der Waals surface area contributed by atoms with Gasteiger partial charge in [-0.1, -0.05) is 18.2 Å². The van der Waals surface area contributed by atoms with Crippen LogP contribution in [-0.4, -0.2) is 6.54 Å². The minimum atomic E-state index is 0.385. The molecule has 1 aromatic rings. The molecule has 0 aliphatic heterocycles. The van der Waals surface area contributed by atoms with Gasteiger partial charge in [0, 0.05) is 12.0 Å². The molecule has 0 amide bonds. The summed E-state index contributed by atoms with van der Waals surface area (Å²) in [5.41, 5.74) is 11.1. The van der Waals surface area contributed by atoms with E-state index < -0.39 is 0 Å². The zero-order valence-corrected chi connectivity index (χ0v) is 8.55. The first-order valence-electron chi connectivity index (χ1n) is 5.67. The van der Waals surface area contributed by atoms with Gasteiger partial charge in [0.2, 0.25) is 0 Å². The van der Waals surface area contributed by atoms with Crippen molar-refractivity contribution < 1.29 is 0 Å². The fourth-order valence-corrected chi connectivity index (χ4v) is 2.85. The van der Waals surface area contributed by atoms with Gasteiger partial charge in [0.25, 0.3) is 0 Å². The van der Waals surface area contributed by atoms with E-state index in [0.29, 0.717) is 5.41 Å². The standard InChI is InChI=1S/C13H17N/c14-9-13(7-8-13)12-6-2-4-10-3-1-5-11(10)12/h2,4,6H,1,3,5,7-9,14H2. The minimum Gasteiger partial charge on any atom is -0.330 e. The Morgan fingerprint density at radius 2 is 2.07 bits per heavy atom. The average molecular weight is 187 g/mol. The van der Waals surface area contributed by atoms with E-state index in [1.807, 2.05) is 0 Å². The number of benzene rings is 1. The summed E-state index contributed by atoms with van der Waals surface area (Å²) in [6.45, 7) is 0.837. The summed E-state index contributed by atoms with van der Waals surface area (Å²) in [5.74, 6) is 0. The van der Waals surface area contributed by atoms with Crippen molar-refractivity contribution in [3.8, 4) is 0 Å². The van der Waals surface area contributed by atoms with E-state index in [9.17, 15) is 0 Å². The first-order valence-corrected chi connectivity index (χ1v) is 5.67. The van der Waals surface area contributed by atoms with Gasteiger partial charge in [-0.2, -0.15) is 0 Å². The molecule has 0 heterocycles. The Morgan fingerprint density at radius 1 is 1.21 bits per heavy atom. The van der Waals surface area contributed by atoms with E-state index in [4.69, 9.17) is 5.73 Å². The van der Waals surface area contributed by atoms with Gasteiger partial charge in [0.1, 0.15) is 0 Å². The highest BCUT2D eigenvalue weighted by Gasteiger charge is 2.44. The highest BCUT2D eigenvalue weighted by molar-refractivity contribution is 5.45. The smallest absolute Gasteiger partial charge is 0.00790 e. The summed E-state index contributed by atoms with van der Waals surface area (Å²) in [4.78, 5) is 0. The molecule has 1 heteroatoms. The van der Waals surface area contributed by atoms with Crippen molar-refractivity contribution in [1.29, 1.82) is 0 Å². The van der Waals surface area contributed by atoms with E-state index in [2.05, 4.69) is 18.2 Å². The van der Waals surface area contributed by atoms with E-state index in [0.717, 1.165) is 6.54 Å². The fourth-order valence-electron chi connectivity index (χ4n) is 2.85. The third-order valence-electron chi connectivity index (χ3n) is 3.96. The lowest BCUT2D eigenvalue weighted by molar-refractivity contribution is 0.695. The van der Waals surface area contributed by atoms with Crippen LogP contribution in [0.2, 0.25) is 0 Å². The summed E-state index contributed by atoms with van der Waals surface area (Å²) in [5, 5.41) is 0. The molecule has 0 bridgehead atoms. The van der Waals surface area contributed by atoms with Crippen LogP contribution in [0.4, 0.5) is 0 Å². The molecular formula is C13H17N. The summed E-state index contributed by atoms with van der Waals surface area (Å²) < 4.78 is 0. The van der Waals surface area contributed by atoms with Gasteiger partial charge in [-0.25, -0.2) is 0 Å². The van der Waals surface area contributed by atoms with E-state index in [1.165, 1.54) is 32.1 Å². The Morgan fingerprint density at radius 3 is 2.79 bits per heavy atom. The van der Waals surface area contributed by atoms with Gasteiger partial charge in [-0.15, -0.1) is 0 Å². The second-order valence-corrected chi connectivity index (χ2v) is 4.78. The Hall–Kier alpha value is -0.820. The molecule has 74 valence electrons. The van der Waals surface area contributed by atoms with E-state index in [1.54, 1.807) is 16.7 Å². The highest BCUT2D eigenvalue weighted by Crippen LogP contribution is 2.49. The first-order chi connectivity index (χ1) is 6.86. The molecule has 2 N–H and O–H groups in total. The lowest BCUT2D eigenvalue weighted by Crippen LogP contribution is -2.21. The maximum absolute atomic E-state index is 5.89. The van der Waals surface area contributed by atoms with Crippen molar-refractivity contribution in [2.24, 2.45) is 5.73 Å². The Bertz CT molecular complexity index is 363. The van der Waals surface area contributed by atoms with Gasteiger partial charge in [0.05, 0.1) is 0 Å². The number of hydrogen-bond acceptors (Lipinski definition) is 1. The third kappa shape index (κ3) is 1.05. The summed E-state index contributed by atoms with van der Waals surface area (Å²) in [6, 6.07) is 6.82. The van der Waals surface area contributed by atoms with Crippen LogP contribution in [0, 0.1) is 0 Å². The molecule has 1 fully saturated rings. The van der Waals surface area contributed by atoms with Crippen LogP contribution in [-0.2, 0) is 18.3 Å². The minimum absolute atomic E-state index is 0.385. The van der Waals surface area contributed by atoms with Gasteiger partial charge < -0.3 is 5.73 Å². The average Bonchev–Trinajstić information content (AvgIpc) is 2.87. The van der Waals surface area contributed by atoms with Gasteiger partial charge >= 0.3 is 0 Å². The van der Waals surface area contributed by atoms with Crippen molar-refractivity contribution in [2.45, 2.75) is 37.5 Å². The zero-order chi connectivity index (χ0) is 9.60. The van der Waals surface area contributed by atoms with Crippen LogP contribution in [0.3, 0.4) is 0 Å². The van der Waals surface area contributed by atoms with Crippen molar-refractivity contribution >= 4 is 0 Å². The predicted octanol–water partition coefficient (Wildman–Crippen LogP) is 2.17. The number of fused-ring (bicyclic) bond motifs is 1. The second-order valence-electron chi connectivity index (χ2n) is 4.78. The molecule has 2 aliphatic carbocycles. The summed E-state index contributed by atoms with van der Waals surface area (Å²) >= 11 is 0. The van der Waals surface area contributed by atoms with Gasteiger partial charge in [0.15, 0.2) is 0 Å². The van der Waals surface area contributed by atoms with Crippen molar-refractivity contribution in [1.82, 2.24) is 0 Å².